The molecule has 2 saturated heterocycles. The summed E-state index contributed by atoms with van der Waals surface area (Å²) in [5.41, 5.74) is 22.4. The average Bonchev–Trinajstić information content (AvgIpc) is 2.75. The Morgan fingerprint density at radius 3 is 2.12 bits per heavy atom. The summed E-state index contributed by atoms with van der Waals surface area (Å²) in [4.78, 5) is 0. The van der Waals surface area contributed by atoms with Crippen LogP contribution in [0.1, 0.15) is 14.7 Å². The molecule has 1 saturated carbocycles. The van der Waals surface area contributed by atoms with Crippen LogP contribution in [0.3, 0.4) is 0 Å². The van der Waals surface area contributed by atoms with Crippen molar-refractivity contribution in [2.24, 2.45) is 22.9 Å². The second kappa shape index (κ2) is 10.6. The highest BCUT2D eigenvalue weighted by atomic mass is 16.7. The Kier molecular flexibility index (Phi) is 8.20. The normalized spacial score (nSPS) is 56.4. The number of likely N-dealkylation sites (N-methyl/N-ethyl adjacent to an activating group) is 1. The van der Waals surface area contributed by atoms with Gasteiger partial charge in [0.2, 0.25) is 0 Å². The van der Waals surface area contributed by atoms with Crippen molar-refractivity contribution in [2.45, 2.75) is 98.4 Å². The number of nitrogens with one attached hydrogen (secondary N) is 1. The lowest BCUT2D eigenvalue weighted by atomic mass is 9.84. The zero-order valence-corrected chi connectivity index (χ0v) is 18.7. The predicted molar refractivity (Wildman–Crippen MR) is 113 cm³/mol. The largest absolute Gasteiger partial charge is 0.388 e. The van der Waals surface area contributed by atoms with Crippen LogP contribution in [-0.2, 0) is 18.9 Å². The first-order valence-corrected chi connectivity index (χ1v) is 11.0. The third-order valence-corrected chi connectivity index (χ3v) is 6.62. The van der Waals surface area contributed by atoms with Gasteiger partial charge in [0.25, 0.3) is 0 Å². The lowest BCUT2D eigenvalue weighted by Crippen LogP contribution is -2.69. The van der Waals surface area contributed by atoms with Crippen LogP contribution < -0.4 is 28.3 Å². The van der Waals surface area contributed by atoms with E-state index in [1.165, 1.54) is 6.92 Å². The van der Waals surface area contributed by atoms with Gasteiger partial charge >= 0.3 is 0 Å². The van der Waals surface area contributed by atoms with E-state index in [1.807, 2.05) is 0 Å². The molecule has 0 spiro atoms. The molecular formula is C19H39N5O9. The average molecular weight is 483 g/mol. The predicted octanol–water partition coefficient (Wildman–Crippen LogP) is -6.04. The summed E-state index contributed by atoms with van der Waals surface area (Å²) >= 11 is 0. The van der Waals surface area contributed by atoms with Crippen molar-refractivity contribution >= 4 is 0 Å². The molecule has 14 N–H and O–H groups in total. The fourth-order valence-electron chi connectivity index (χ4n) is 4.67. The van der Waals surface area contributed by atoms with Crippen molar-refractivity contribution in [1.29, 1.82) is 0 Å². The zero-order valence-electron chi connectivity index (χ0n) is 19.7. The second-order valence-electron chi connectivity index (χ2n) is 9.23. The van der Waals surface area contributed by atoms with E-state index in [0.717, 1.165) is 0 Å². The van der Waals surface area contributed by atoms with Gasteiger partial charge in [0.05, 0.1) is 20.0 Å². The highest BCUT2D eigenvalue weighted by Crippen LogP contribution is 2.31. The summed E-state index contributed by atoms with van der Waals surface area (Å²) in [6.45, 7) is 1.17. The Morgan fingerprint density at radius 1 is 1.00 bits per heavy atom. The van der Waals surface area contributed by atoms with Gasteiger partial charge in [-0.1, -0.05) is 0 Å². The zero-order chi connectivity index (χ0) is 25.6. The van der Waals surface area contributed by atoms with Crippen LogP contribution in [0.15, 0.2) is 0 Å². The maximum absolute atomic E-state index is 11.0. The molecular weight excluding hydrogens is 442 g/mol. The monoisotopic (exact) mass is 482 g/mol. The number of hydrogen-bond acceptors (Lipinski definition) is 14. The van der Waals surface area contributed by atoms with Gasteiger partial charge in [0, 0.05) is 18.6 Å². The minimum atomic E-state index is -2.30. The topological polar surface area (TPSA) is 254 Å². The molecule has 194 valence electrons. The van der Waals surface area contributed by atoms with E-state index in [1.54, 1.807) is 7.05 Å². The Balaban J connectivity index is 1.75. The maximum Gasteiger partial charge on any atom is 0.185 e. The SMILES string of the molecule is [2H][C@]1(N)[C@@H](O[C@H]2[C@H](O)[C@@H](O[C@H]3OC[C@](C)(O)[C@H](NC)[C@H]3O)[C@H](N)C[C@@H]2N)O[C@H](CN)[C@@H](O)[C@@H]1O. The van der Waals surface area contributed by atoms with Gasteiger partial charge in [-0.05, 0) is 20.4 Å². The van der Waals surface area contributed by atoms with Crippen LogP contribution in [0.5, 0.6) is 0 Å². The molecule has 3 aliphatic rings. The highest BCUT2D eigenvalue weighted by molar-refractivity contribution is 5.02. The first-order chi connectivity index (χ1) is 15.8. The summed E-state index contributed by atoms with van der Waals surface area (Å²) in [7, 11) is 1.57. The molecule has 0 aromatic rings. The molecule has 0 unspecified atom stereocenters. The van der Waals surface area contributed by atoms with Crippen molar-refractivity contribution in [3.8, 4) is 0 Å². The third-order valence-electron chi connectivity index (χ3n) is 6.62. The van der Waals surface area contributed by atoms with Crippen molar-refractivity contribution < 1.29 is 45.9 Å². The van der Waals surface area contributed by atoms with Crippen molar-refractivity contribution in [1.82, 2.24) is 5.32 Å². The molecule has 0 aromatic carbocycles. The number of aliphatic hydroxyl groups excluding tert-OH is 4. The van der Waals surface area contributed by atoms with E-state index in [0.29, 0.717) is 0 Å². The number of aliphatic hydroxyl groups is 5. The molecule has 0 radical (unpaired) electrons. The van der Waals surface area contributed by atoms with Crippen LogP contribution in [0.4, 0.5) is 0 Å². The Hall–Kier alpha value is -0.560. The molecule has 2 heterocycles. The number of rotatable bonds is 6. The number of ether oxygens (including phenoxy) is 4. The Morgan fingerprint density at radius 2 is 1.58 bits per heavy atom. The van der Waals surface area contributed by atoms with Crippen LogP contribution in [0.25, 0.3) is 0 Å². The fraction of sp³-hybridized carbons (Fsp3) is 1.00. The number of hydrogen-bond donors (Lipinski definition) is 10. The van der Waals surface area contributed by atoms with Crippen LogP contribution in [0.2, 0.25) is 0 Å². The number of nitrogens with two attached hydrogens (primary N) is 4. The van der Waals surface area contributed by atoms with Gasteiger partial charge in [0.1, 0.15) is 48.3 Å². The third kappa shape index (κ3) is 5.34. The van der Waals surface area contributed by atoms with E-state index >= 15 is 0 Å². The Labute approximate surface area is 193 Å². The van der Waals surface area contributed by atoms with E-state index in [4.69, 9.17) is 43.3 Å². The molecule has 3 rings (SSSR count). The molecule has 14 nitrogen and oxygen atoms in total. The quantitative estimate of drug-likeness (QED) is 0.169. The lowest BCUT2D eigenvalue weighted by Gasteiger charge is -2.49. The summed E-state index contributed by atoms with van der Waals surface area (Å²) in [6, 6.07) is -4.68. The minimum Gasteiger partial charge on any atom is -0.388 e. The van der Waals surface area contributed by atoms with Gasteiger partial charge in [-0.25, -0.2) is 0 Å². The highest BCUT2D eigenvalue weighted by Gasteiger charge is 2.51. The Bertz CT molecular complexity index is 695. The smallest absolute Gasteiger partial charge is 0.185 e. The summed E-state index contributed by atoms with van der Waals surface area (Å²) in [5.74, 6) is 0. The van der Waals surface area contributed by atoms with Crippen LogP contribution >= 0.6 is 0 Å². The first-order valence-electron chi connectivity index (χ1n) is 11.5. The van der Waals surface area contributed by atoms with Crippen LogP contribution in [-0.4, -0.2) is 131 Å². The fourth-order valence-corrected chi connectivity index (χ4v) is 4.67. The minimum absolute atomic E-state index is 0.121. The molecule has 0 amide bonds. The van der Waals surface area contributed by atoms with Crippen molar-refractivity contribution in [3.05, 3.63) is 0 Å². The van der Waals surface area contributed by atoms with E-state index in [-0.39, 0.29) is 19.6 Å². The van der Waals surface area contributed by atoms with Gasteiger partial charge in [-0.3, -0.25) is 0 Å². The van der Waals surface area contributed by atoms with Gasteiger partial charge in [-0.2, -0.15) is 0 Å². The molecule has 0 aromatic heterocycles. The summed E-state index contributed by atoms with van der Waals surface area (Å²) in [6.07, 6.45) is -12.1. The first kappa shape index (κ1) is 25.5. The maximum atomic E-state index is 11.0. The summed E-state index contributed by atoms with van der Waals surface area (Å²) in [5, 5.41) is 55.3. The van der Waals surface area contributed by atoms with Gasteiger partial charge < -0.3 is 72.7 Å². The van der Waals surface area contributed by atoms with Gasteiger partial charge in [0.15, 0.2) is 12.6 Å². The molecule has 0 bridgehead atoms. The van der Waals surface area contributed by atoms with Gasteiger partial charge in [-0.15, -0.1) is 0 Å². The molecule has 14 heteroatoms. The summed E-state index contributed by atoms with van der Waals surface area (Å²) < 4.78 is 30.8. The van der Waals surface area contributed by atoms with Crippen molar-refractivity contribution in [2.75, 3.05) is 20.2 Å². The van der Waals surface area contributed by atoms with E-state index in [9.17, 15) is 25.5 Å². The van der Waals surface area contributed by atoms with E-state index in [2.05, 4.69) is 5.32 Å². The molecule has 3 fully saturated rings. The second-order valence-corrected chi connectivity index (χ2v) is 9.23. The molecule has 14 atom stereocenters. The van der Waals surface area contributed by atoms with Crippen molar-refractivity contribution in [3.63, 3.8) is 0 Å². The molecule has 2 aliphatic heterocycles. The lowest BCUT2D eigenvalue weighted by molar-refractivity contribution is -0.314. The molecule has 33 heavy (non-hydrogen) atoms. The molecule has 1 aliphatic carbocycles. The van der Waals surface area contributed by atoms with Crippen LogP contribution in [0, 0.1) is 0 Å². The standard InChI is InChI=1S/C19H39N5O9/c1-19(29)5-30-18(13(28)16(19)24-2)33-15-7(22)3-6(21)14(12(15)27)32-17-9(23)11(26)10(25)8(4-20)31-17/h6-18,24-29H,3-5,20-23H2,1-2H3/t6-,7+,8+,9+,10+,11+,12-,13+,14+,15-,16+,17+,18+,19-/m0/s1/i9D. The van der Waals surface area contributed by atoms with E-state index < -0.39 is 85.1 Å².